The Balaban J connectivity index is 1.72. The van der Waals surface area contributed by atoms with Crippen molar-refractivity contribution in [3.8, 4) is 17.2 Å². The highest BCUT2D eigenvalue weighted by Crippen LogP contribution is 2.27. The number of thioether (sulfide) groups is 1. The summed E-state index contributed by atoms with van der Waals surface area (Å²) in [5.74, 6) is 2.42. The number of benzene rings is 2. The molecule has 0 N–H and O–H groups in total. The standard InChI is InChI=1S/C20H21N3O4S/c1-25-16-7-4-14(5-8-16)12-23-19(24)13-28-20(23)22-21-11-15-6-9-17(26-2)18(10-15)27-3/h4-11H,12-13H2,1-3H3/b21-11+,22-20-. The summed E-state index contributed by atoms with van der Waals surface area (Å²) in [6.07, 6.45) is 1.61. The summed E-state index contributed by atoms with van der Waals surface area (Å²) in [6, 6.07) is 13.1. The number of hydrogen-bond donors (Lipinski definition) is 0. The molecule has 0 aliphatic carbocycles. The third-order valence-electron chi connectivity index (χ3n) is 4.11. The van der Waals surface area contributed by atoms with Crippen molar-refractivity contribution in [2.75, 3.05) is 27.1 Å². The Bertz CT molecular complexity index is 897. The van der Waals surface area contributed by atoms with Crippen LogP contribution in [0.5, 0.6) is 17.2 Å². The second kappa shape index (κ2) is 9.27. The van der Waals surface area contributed by atoms with E-state index in [-0.39, 0.29) is 5.91 Å². The lowest BCUT2D eigenvalue weighted by molar-refractivity contribution is -0.124. The molecule has 2 aromatic carbocycles. The van der Waals surface area contributed by atoms with Gasteiger partial charge in [-0.2, -0.15) is 5.10 Å². The van der Waals surface area contributed by atoms with Crippen molar-refractivity contribution in [1.82, 2.24) is 4.90 Å². The van der Waals surface area contributed by atoms with Crippen LogP contribution in [0.1, 0.15) is 11.1 Å². The highest BCUT2D eigenvalue weighted by Gasteiger charge is 2.28. The fourth-order valence-electron chi connectivity index (χ4n) is 2.62. The number of nitrogens with zero attached hydrogens (tertiary/aromatic N) is 3. The molecule has 0 bridgehead atoms. The maximum atomic E-state index is 12.2. The minimum absolute atomic E-state index is 0.0147. The Morgan fingerprint density at radius 2 is 1.79 bits per heavy atom. The highest BCUT2D eigenvalue weighted by molar-refractivity contribution is 8.15. The summed E-state index contributed by atoms with van der Waals surface area (Å²) in [6.45, 7) is 0.445. The van der Waals surface area contributed by atoms with Crippen LogP contribution in [0.25, 0.3) is 0 Å². The first-order chi connectivity index (χ1) is 13.6. The van der Waals surface area contributed by atoms with E-state index in [0.29, 0.717) is 29.0 Å². The van der Waals surface area contributed by atoms with E-state index in [4.69, 9.17) is 14.2 Å². The van der Waals surface area contributed by atoms with Gasteiger partial charge in [0.15, 0.2) is 16.7 Å². The monoisotopic (exact) mass is 399 g/mol. The minimum atomic E-state index is 0.0147. The maximum absolute atomic E-state index is 12.2. The summed E-state index contributed by atoms with van der Waals surface area (Å²) >= 11 is 1.38. The van der Waals surface area contributed by atoms with Crippen LogP contribution in [0.15, 0.2) is 52.7 Å². The van der Waals surface area contributed by atoms with Crippen LogP contribution in [0.2, 0.25) is 0 Å². The zero-order valence-electron chi connectivity index (χ0n) is 15.9. The van der Waals surface area contributed by atoms with Gasteiger partial charge in [0.1, 0.15) is 5.75 Å². The predicted octanol–water partition coefficient (Wildman–Crippen LogP) is 3.18. The molecular weight excluding hydrogens is 378 g/mol. The average molecular weight is 399 g/mol. The van der Waals surface area contributed by atoms with Crippen LogP contribution >= 0.6 is 11.8 Å². The van der Waals surface area contributed by atoms with Gasteiger partial charge in [-0.3, -0.25) is 9.69 Å². The average Bonchev–Trinajstić information content (AvgIpc) is 3.08. The Morgan fingerprint density at radius 1 is 1.04 bits per heavy atom. The molecule has 0 spiro atoms. The van der Waals surface area contributed by atoms with E-state index in [2.05, 4.69) is 10.2 Å². The number of carbonyl (C=O) groups excluding carboxylic acids is 1. The smallest absolute Gasteiger partial charge is 0.239 e. The molecule has 0 atom stereocenters. The SMILES string of the molecule is COc1ccc(CN2C(=O)CS/C2=N\N=C\c2ccc(OC)c(OC)c2)cc1. The van der Waals surface area contributed by atoms with Gasteiger partial charge in [-0.05, 0) is 41.5 Å². The quantitative estimate of drug-likeness (QED) is 0.528. The van der Waals surface area contributed by atoms with Gasteiger partial charge in [-0.25, -0.2) is 0 Å². The number of hydrogen-bond acceptors (Lipinski definition) is 7. The number of carbonyl (C=O) groups is 1. The lowest BCUT2D eigenvalue weighted by Gasteiger charge is -2.15. The summed E-state index contributed by atoms with van der Waals surface area (Å²) < 4.78 is 15.7. The first-order valence-electron chi connectivity index (χ1n) is 8.53. The third-order valence-corrected chi connectivity index (χ3v) is 5.07. The van der Waals surface area contributed by atoms with E-state index in [9.17, 15) is 4.79 Å². The summed E-state index contributed by atoms with van der Waals surface area (Å²) in [5.41, 5.74) is 1.81. The fraction of sp³-hybridized carbons (Fsp3) is 0.250. The van der Waals surface area contributed by atoms with E-state index < -0.39 is 0 Å². The lowest BCUT2D eigenvalue weighted by Crippen LogP contribution is -2.28. The molecule has 1 heterocycles. The van der Waals surface area contributed by atoms with Crippen molar-refractivity contribution >= 4 is 29.1 Å². The molecule has 0 saturated carbocycles. The van der Waals surface area contributed by atoms with E-state index in [1.807, 2.05) is 36.4 Å². The molecule has 1 fully saturated rings. The first kappa shape index (κ1) is 19.8. The Hall–Kier alpha value is -3.00. The number of ether oxygens (including phenoxy) is 3. The van der Waals surface area contributed by atoms with Crippen molar-refractivity contribution in [1.29, 1.82) is 0 Å². The third kappa shape index (κ3) is 4.64. The summed E-state index contributed by atoms with van der Waals surface area (Å²) in [7, 11) is 4.79. The van der Waals surface area contributed by atoms with Crippen molar-refractivity contribution in [2.45, 2.75) is 6.54 Å². The fourth-order valence-corrected chi connectivity index (χ4v) is 3.45. The van der Waals surface area contributed by atoms with Gasteiger partial charge < -0.3 is 14.2 Å². The van der Waals surface area contributed by atoms with Crippen molar-refractivity contribution in [3.63, 3.8) is 0 Å². The van der Waals surface area contributed by atoms with Crippen LogP contribution in [-0.4, -0.2) is 49.3 Å². The molecule has 0 radical (unpaired) electrons. The minimum Gasteiger partial charge on any atom is -0.497 e. The Kier molecular flexibility index (Phi) is 6.54. The van der Waals surface area contributed by atoms with Gasteiger partial charge in [0.25, 0.3) is 0 Å². The van der Waals surface area contributed by atoms with Crippen LogP contribution in [0, 0.1) is 0 Å². The molecule has 7 nitrogen and oxygen atoms in total. The van der Waals surface area contributed by atoms with Crippen molar-refractivity contribution in [2.24, 2.45) is 10.2 Å². The molecule has 8 heteroatoms. The summed E-state index contributed by atoms with van der Waals surface area (Å²) in [4.78, 5) is 13.9. The van der Waals surface area contributed by atoms with Crippen LogP contribution in [-0.2, 0) is 11.3 Å². The van der Waals surface area contributed by atoms with Gasteiger partial charge in [0.05, 0.1) is 39.8 Å². The molecule has 0 aromatic heterocycles. The number of amidine groups is 1. The largest absolute Gasteiger partial charge is 0.497 e. The predicted molar refractivity (Wildman–Crippen MR) is 111 cm³/mol. The molecule has 1 amide bonds. The first-order valence-corrected chi connectivity index (χ1v) is 9.52. The van der Waals surface area contributed by atoms with Gasteiger partial charge in [-0.1, -0.05) is 23.9 Å². The summed E-state index contributed by atoms with van der Waals surface area (Å²) in [5, 5.41) is 8.96. The molecule has 146 valence electrons. The molecule has 28 heavy (non-hydrogen) atoms. The Morgan fingerprint density at radius 3 is 2.46 bits per heavy atom. The molecule has 3 rings (SSSR count). The van der Waals surface area contributed by atoms with E-state index in [1.54, 1.807) is 38.5 Å². The van der Waals surface area contributed by atoms with Crippen molar-refractivity contribution < 1.29 is 19.0 Å². The van der Waals surface area contributed by atoms with Gasteiger partial charge in [0, 0.05) is 0 Å². The van der Waals surface area contributed by atoms with E-state index in [0.717, 1.165) is 16.9 Å². The second-order valence-electron chi connectivity index (χ2n) is 5.86. The van der Waals surface area contributed by atoms with E-state index >= 15 is 0 Å². The van der Waals surface area contributed by atoms with Crippen LogP contribution < -0.4 is 14.2 Å². The number of amides is 1. The lowest BCUT2D eigenvalue weighted by atomic mass is 10.2. The van der Waals surface area contributed by atoms with Gasteiger partial charge >= 0.3 is 0 Å². The second-order valence-corrected chi connectivity index (χ2v) is 6.80. The van der Waals surface area contributed by atoms with Crippen LogP contribution in [0.4, 0.5) is 0 Å². The zero-order valence-corrected chi connectivity index (χ0v) is 16.7. The maximum Gasteiger partial charge on any atom is 0.239 e. The normalized spacial score (nSPS) is 15.5. The molecule has 1 aliphatic heterocycles. The van der Waals surface area contributed by atoms with E-state index in [1.165, 1.54) is 11.8 Å². The molecule has 1 saturated heterocycles. The van der Waals surface area contributed by atoms with Gasteiger partial charge in [0.2, 0.25) is 5.91 Å². The number of methoxy groups -OCH3 is 3. The number of rotatable bonds is 7. The highest BCUT2D eigenvalue weighted by atomic mass is 32.2. The van der Waals surface area contributed by atoms with Gasteiger partial charge in [-0.15, -0.1) is 5.10 Å². The Labute approximate surface area is 168 Å². The van der Waals surface area contributed by atoms with Crippen LogP contribution in [0.3, 0.4) is 0 Å². The molecule has 0 unspecified atom stereocenters. The molecule has 2 aromatic rings. The van der Waals surface area contributed by atoms with Crippen molar-refractivity contribution in [3.05, 3.63) is 53.6 Å². The topological polar surface area (TPSA) is 72.7 Å². The zero-order chi connectivity index (χ0) is 19.9. The molecular formula is C20H21N3O4S. The molecule has 1 aliphatic rings.